The maximum Gasteiger partial charge on any atom is 0.274 e. The van der Waals surface area contributed by atoms with E-state index in [4.69, 9.17) is 11.6 Å². The van der Waals surface area contributed by atoms with Crippen LogP contribution >= 0.6 is 11.6 Å². The van der Waals surface area contributed by atoms with E-state index < -0.39 is 16.1 Å². The number of fused-ring (bicyclic) bond motifs is 1. The van der Waals surface area contributed by atoms with E-state index in [-0.39, 0.29) is 22.0 Å². The van der Waals surface area contributed by atoms with Crippen LogP contribution < -0.4 is 15.6 Å². The Morgan fingerprint density at radius 1 is 1.09 bits per heavy atom. The molecule has 0 radical (unpaired) electrons. The summed E-state index contributed by atoms with van der Waals surface area (Å²) in [5.41, 5.74) is 1.04. The van der Waals surface area contributed by atoms with Crippen molar-refractivity contribution in [3.05, 3.63) is 87.7 Å². The van der Waals surface area contributed by atoms with Gasteiger partial charge in [-0.3, -0.25) is 9.78 Å². The van der Waals surface area contributed by atoms with Crippen LogP contribution in [0.15, 0.2) is 70.6 Å². The molecule has 1 aromatic carbocycles. The van der Waals surface area contributed by atoms with Crippen LogP contribution in [0.4, 0.5) is 5.82 Å². The van der Waals surface area contributed by atoms with Crippen LogP contribution in [0.1, 0.15) is 24.4 Å². The van der Waals surface area contributed by atoms with Gasteiger partial charge < -0.3 is 5.32 Å². The van der Waals surface area contributed by atoms with Gasteiger partial charge in [0, 0.05) is 24.8 Å². The molecule has 0 amide bonds. The van der Waals surface area contributed by atoms with E-state index in [9.17, 15) is 13.2 Å². The topological polar surface area (TPSA) is 119 Å². The predicted molar refractivity (Wildman–Crippen MR) is 127 cm³/mol. The molecular formula is C22H21ClN6O3S. The molecule has 0 saturated carbocycles. The maximum absolute atomic E-state index is 12.8. The molecule has 0 aliphatic carbocycles. The molecule has 4 rings (SSSR count). The van der Waals surface area contributed by atoms with E-state index in [1.54, 1.807) is 50.5 Å². The first-order chi connectivity index (χ1) is 15.8. The average Bonchev–Trinajstić information content (AvgIpc) is 2.81. The number of hydrogen-bond donors (Lipinski definition) is 2. The molecule has 9 nitrogen and oxygen atoms in total. The Kier molecular flexibility index (Phi) is 6.41. The van der Waals surface area contributed by atoms with Gasteiger partial charge in [-0.2, -0.15) is 5.10 Å². The van der Waals surface area contributed by atoms with Crippen LogP contribution in [0.2, 0.25) is 5.02 Å². The molecule has 4 aromatic rings. The van der Waals surface area contributed by atoms with Crippen molar-refractivity contribution in [3.8, 4) is 0 Å². The molecule has 11 heteroatoms. The summed E-state index contributed by atoms with van der Waals surface area (Å²) in [4.78, 5) is 20.6. The van der Waals surface area contributed by atoms with Crippen molar-refractivity contribution in [1.29, 1.82) is 0 Å². The largest absolute Gasteiger partial charge is 0.363 e. The number of aryl methyl sites for hydroxylation is 1. The summed E-state index contributed by atoms with van der Waals surface area (Å²) >= 11 is 6.32. The summed E-state index contributed by atoms with van der Waals surface area (Å²) in [6.07, 6.45) is 2.83. The fraction of sp³-hybridized carbons (Fsp3) is 0.182. The lowest BCUT2D eigenvalue weighted by molar-refractivity contribution is 0.563. The summed E-state index contributed by atoms with van der Waals surface area (Å²) in [6, 6.07) is 13.3. The number of anilines is 1. The Morgan fingerprint density at radius 2 is 1.82 bits per heavy atom. The van der Waals surface area contributed by atoms with Crippen molar-refractivity contribution in [1.82, 2.24) is 24.5 Å². The number of rotatable bonds is 7. The summed E-state index contributed by atoms with van der Waals surface area (Å²) in [5, 5.41) is 8.80. The van der Waals surface area contributed by atoms with Crippen LogP contribution in [-0.2, 0) is 23.6 Å². The highest BCUT2D eigenvalue weighted by Gasteiger charge is 2.21. The highest BCUT2D eigenvalue weighted by atomic mass is 35.5. The van der Waals surface area contributed by atoms with E-state index in [1.807, 2.05) is 12.1 Å². The molecule has 3 aromatic heterocycles. The normalized spacial score (nSPS) is 12.6. The van der Waals surface area contributed by atoms with Crippen molar-refractivity contribution in [2.75, 3.05) is 5.32 Å². The Hall–Kier alpha value is -3.34. The summed E-state index contributed by atoms with van der Waals surface area (Å²) in [5.74, 6) is 0.299. The molecule has 0 aliphatic heterocycles. The second-order valence-corrected chi connectivity index (χ2v) is 9.49. The average molecular weight is 485 g/mol. The third kappa shape index (κ3) is 4.87. The molecule has 1 atom stereocenters. The first kappa shape index (κ1) is 22.8. The van der Waals surface area contributed by atoms with Crippen molar-refractivity contribution in [2.24, 2.45) is 7.05 Å². The van der Waals surface area contributed by atoms with Gasteiger partial charge >= 0.3 is 0 Å². The smallest absolute Gasteiger partial charge is 0.274 e. The first-order valence-electron chi connectivity index (χ1n) is 10.0. The van der Waals surface area contributed by atoms with Crippen LogP contribution in [0, 0.1) is 0 Å². The van der Waals surface area contributed by atoms with Crippen LogP contribution in [-0.4, -0.2) is 28.2 Å². The van der Waals surface area contributed by atoms with Crippen molar-refractivity contribution in [3.63, 3.8) is 0 Å². The molecule has 2 N–H and O–H groups in total. The number of pyridine rings is 2. The van der Waals surface area contributed by atoms with Crippen LogP contribution in [0.3, 0.4) is 0 Å². The zero-order chi connectivity index (χ0) is 23.6. The summed E-state index contributed by atoms with van der Waals surface area (Å²) in [7, 11) is -2.28. The first-order valence-corrected chi connectivity index (χ1v) is 11.9. The molecule has 0 spiro atoms. The highest BCUT2D eigenvalue weighted by molar-refractivity contribution is 7.89. The number of halogens is 1. The van der Waals surface area contributed by atoms with Crippen molar-refractivity contribution in [2.45, 2.75) is 24.4 Å². The lowest BCUT2D eigenvalue weighted by Gasteiger charge is -2.15. The van der Waals surface area contributed by atoms with Gasteiger partial charge in [0.25, 0.3) is 5.56 Å². The Balaban J connectivity index is 1.53. The number of aromatic nitrogens is 4. The van der Waals surface area contributed by atoms with Gasteiger partial charge in [-0.05, 0) is 31.2 Å². The Morgan fingerprint density at radius 3 is 2.52 bits per heavy atom. The van der Waals surface area contributed by atoms with Gasteiger partial charge in [0.2, 0.25) is 10.0 Å². The van der Waals surface area contributed by atoms with E-state index in [0.29, 0.717) is 22.6 Å². The Bertz CT molecular complexity index is 1470. The standard InChI is InChI=1S/C22H21ClN6O3S/c1-14(19-9-5-6-10-24-19)28-33(31,32)15-11-18(23)21(25-12-15)26-13-20-16-7-3-4-8-17(16)22(30)29(2)27-20/h3-12,14,28H,13H2,1-2H3,(H,25,26)/t14-/m0/s1. The molecule has 0 saturated heterocycles. The number of nitrogens with one attached hydrogen (secondary N) is 2. The molecule has 0 fully saturated rings. The molecule has 0 unspecified atom stereocenters. The molecule has 33 heavy (non-hydrogen) atoms. The van der Waals surface area contributed by atoms with E-state index in [1.165, 1.54) is 16.9 Å². The van der Waals surface area contributed by atoms with Crippen LogP contribution in [0.5, 0.6) is 0 Å². The lowest BCUT2D eigenvalue weighted by atomic mass is 10.1. The maximum atomic E-state index is 12.8. The van der Waals surface area contributed by atoms with E-state index >= 15 is 0 Å². The minimum absolute atomic E-state index is 0.0634. The molecule has 170 valence electrons. The van der Waals surface area contributed by atoms with Crippen molar-refractivity contribution >= 4 is 38.2 Å². The van der Waals surface area contributed by atoms with Gasteiger partial charge in [0.15, 0.2) is 0 Å². The zero-order valence-electron chi connectivity index (χ0n) is 17.9. The third-order valence-corrected chi connectivity index (χ3v) is 6.84. The van der Waals surface area contributed by atoms with Gasteiger partial charge in [-0.1, -0.05) is 35.9 Å². The van der Waals surface area contributed by atoms with Gasteiger partial charge in [0.05, 0.1) is 34.4 Å². The monoisotopic (exact) mass is 484 g/mol. The fourth-order valence-electron chi connectivity index (χ4n) is 3.36. The molecular weight excluding hydrogens is 464 g/mol. The summed E-state index contributed by atoms with van der Waals surface area (Å²) < 4.78 is 29.4. The quantitative estimate of drug-likeness (QED) is 0.413. The Labute approximate surface area is 195 Å². The minimum atomic E-state index is -3.87. The minimum Gasteiger partial charge on any atom is -0.363 e. The van der Waals surface area contributed by atoms with Crippen LogP contribution in [0.25, 0.3) is 10.8 Å². The summed E-state index contributed by atoms with van der Waals surface area (Å²) in [6.45, 7) is 1.94. The second-order valence-electron chi connectivity index (χ2n) is 7.37. The SMILES string of the molecule is C[C@H](NS(=O)(=O)c1cnc(NCc2nn(C)c(=O)c3ccccc23)c(Cl)c1)c1ccccn1. The highest BCUT2D eigenvalue weighted by Crippen LogP contribution is 2.24. The molecule has 3 heterocycles. The molecule has 0 bridgehead atoms. The number of benzene rings is 1. The fourth-order valence-corrected chi connectivity index (χ4v) is 4.85. The van der Waals surface area contributed by atoms with Gasteiger partial charge in [0.1, 0.15) is 10.7 Å². The lowest BCUT2D eigenvalue weighted by Crippen LogP contribution is -2.27. The molecule has 0 aliphatic rings. The van der Waals surface area contributed by atoms with Crippen molar-refractivity contribution < 1.29 is 8.42 Å². The predicted octanol–water partition coefficient (Wildman–Crippen LogP) is 3.03. The van der Waals surface area contributed by atoms with Gasteiger partial charge in [-0.25, -0.2) is 22.8 Å². The van der Waals surface area contributed by atoms with E-state index in [0.717, 1.165) is 5.39 Å². The zero-order valence-corrected chi connectivity index (χ0v) is 19.4. The number of sulfonamides is 1. The second kappa shape index (κ2) is 9.26. The number of hydrogen-bond acceptors (Lipinski definition) is 7. The third-order valence-electron chi connectivity index (χ3n) is 5.05. The van der Waals surface area contributed by atoms with Gasteiger partial charge in [-0.15, -0.1) is 0 Å². The number of nitrogens with zero attached hydrogens (tertiary/aromatic N) is 4. The van der Waals surface area contributed by atoms with E-state index in [2.05, 4.69) is 25.1 Å².